The third kappa shape index (κ3) is 11.4. The molecule has 0 bridgehead atoms. The summed E-state index contributed by atoms with van der Waals surface area (Å²) in [5.41, 5.74) is 19.3. The quantitative estimate of drug-likeness (QED) is 0.149. The predicted molar refractivity (Wildman–Crippen MR) is 311 cm³/mol. The van der Waals surface area contributed by atoms with Crippen LogP contribution in [-0.4, -0.2) is 24.5 Å². The second-order valence-corrected chi connectivity index (χ2v) is 24.8. The van der Waals surface area contributed by atoms with Crippen LogP contribution in [-0.2, 0) is 41.8 Å². The van der Waals surface area contributed by atoms with E-state index in [2.05, 4.69) is 241 Å². The van der Waals surface area contributed by atoms with E-state index in [9.17, 15) is 0 Å². The van der Waals surface area contributed by atoms with Gasteiger partial charge in [-0.3, -0.25) is 15.0 Å². The Bertz CT molecular complexity index is 3580. The number of rotatable bonds is 7. The van der Waals surface area contributed by atoms with E-state index in [1.807, 2.05) is 36.7 Å². The first-order valence-electron chi connectivity index (χ1n) is 26.3. The number of hydrogen-bond donors (Lipinski definition) is 0. The Balaban J connectivity index is 0.000000299. The molecule has 10 rings (SSSR count). The van der Waals surface area contributed by atoms with Crippen LogP contribution in [0, 0.1) is 12.1 Å². The predicted octanol–water partition coefficient (Wildman–Crippen LogP) is 18.5. The van der Waals surface area contributed by atoms with Crippen LogP contribution in [0.3, 0.4) is 0 Å². The number of furan rings is 1. The molecular formula is C68H73IrN5O-2. The van der Waals surface area contributed by atoms with E-state index in [1.165, 1.54) is 44.6 Å². The topological polar surface area (TPSA) is 69.6 Å². The van der Waals surface area contributed by atoms with Gasteiger partial charge >= 0.3 is 0 Å². The van der Waals surface area contributed by atoms with E-state index in [4.69, 9.17) is 14.4 Å². The van der Waals surface area contributed by atoms with Crippen molar-refractivity contribution in [2.24, 2.45) is 0 Å². The van der Waals surface area contributed by atoms with Gasteiger partial charge in [0.05, 0.1) is 28.1 Å². The van der Waals surface area contributed by atoms with Crippen LogP contribution in [0.5, 0.6) is 0 Å². The molecule has 0 N–H and O–H groups in total. The average Bonchev–Trinajstić information content (AvgIpc) is 3.94. The van der Waals surface area contributed by atoms with Gasteiger partial charge in [-0.25, -0.2) is 0 Å². The first kappa shape index (κ1) is 54.7. The Morgan fingerprint density at radius 3 is 1.69 bits per heavy atom. The number of para-hydroxylation sites is 2. The van der Waals surface area contributed by atoms with E-state index in [1.54, 1.807) is 0 Å². The fourth-order valence-corrected chi connectivity index (χ4v) is 9.55. The zero-order valence-electron chi connectivity index (χ0n) is 46.9. The van der Waals surface area contributed by atoms with Gasteiger partial charge in [0, 0.05) is 55.2 Å². The first-order chi connectivity index (χ1) is 34.9. The minimum absolute atomic E-state index is 0. The Kier molecular flexibility index (Phi) is 15.2. The van der Waals surface area contributed by atoms with Crippen molar-refractivity contribution in [3.05, 3.63) is 185 Å². The molecule has 0 amide bonds. The largest absolute Gasteiger partial charge is 0.500 e. The van der Waals surface area contributed by atoms with Crippen LogP contribution in [0.2, 0.25) is 0 Å². The Morgan fingerprint density at radius 1 is 0.507 bits per heavy atom. The van der Waals surface area contributed by atoms with Crippen molar-refractivity contribution in [1.29, 1.82) is 0 Å². The Morgan fingerprint density at radius 2 is 1.11 bits per heavy atom. The summed E-state index contributed by atoms with van der Waals surface area (Å²) in [7, 11) is 0. The van der Waals surface area contributed by atoms with Crippen molar-refractivity contribution < 1.29 is 24.5 Å². The maximum absolute atomic E-state index is 6.89. The molecule has 10 aromatic rings. The zero-order valence-corrected chi connectivity index (χ0v) is 49.3. The maximum Gasteiger partial charge on any atom is 0.124 e. The minimum atomic E-state index is 0. The van der Waals surface area contributed by atoms with Crippen LogP contribution in [0.25, 0.3) is 83.8 Å². The second-order valence-electron chi connectivity index (χ2n) is 24.8. The molecule has 7 heteroatoms. The van der Waals surface area contributed by atoms with Gasteiger partial charge in [0.1, 0.15) is 5.58 Å². The van der Waals surface area contributed by atoms with Gasteiger partial charge in [-0.05, 0) is 126 Å². The van der Waals surface area contributed by atoms with E-state index < -0.39 is 0 Å². The van der Waals surface area contributed by atoms with Crippen molar-refractivity contribution in [2.45, 2.75) is 144 Å². The molecule has 5 aromatic carbocycles. The molecule has 0 fully saturated rings. The fourth-order valence-electron chi connectivity index (χ4n) is 9.55. The summed E-state index contributed by atoms with van der Waals surface area (Å²) >= 11 is 0. The molecule has 387 valence electrons. The third-order valence-electron chi connectivity index (χ3n) is 14.1. The number of imidazole rings is 1. The van der Waals surface area contributed by atoms with E-state index in [-0.39, 0.29) is 53.6 Å². The van der Waals surface area contributed by atoms with Crippen LogP contribution >= 0.6 is 0 Å². The summed E-state index contributed by atoms with van der Waals surface area (Å²) < 4.78 is 9.25. The molecule has 0 aliphatic carbocycles. The molecule has 1 radical (unpaired) electrons. The maximum atomic E-state index is 6.89. The summed E-state index contributed by atoms with van der Waals surface area (Å²) in [6, 6.07) is 51.9. The molecule has 5 heterocycles. The SMILES string of the molecule is CC(C)(C)c1ccc(-c2[c-]ccc(C(C)(C)C)n2)nc1.CC(C)c1cc(-c2ccccc2)cc(C(C)C)c1-n1c(-c2[c-]ccc3c2oc2cc(-c4cc(C(C)(C)C)cc(C(C)(C)C)c4)ncc23)nc2ccccc21.[Ir]. The van der Waals surface area contributed by atoms with Crippen LogP contribution in [0.4, 0.5) is 0 Å². The molecule has 0 aliphatic rings. The monoisotopic (exact) mass is 1170 g/mol. The van der Waals surface area contributed by atoms with Crippen LogP contribution < -0.4 is 0 Å². The Labute approximate surface area is 459 Å². The number of aromatic nitrogens is 5. The van der Waals surface area contributed by atoms with Gasteiger partial charge in [-0.1, -0.05) is 182 Å². The molecule has 75 heavy (non-hydrogen) atoms. The number of nitrogens with zero attached hydrogens (tertiary/aromatic N) is 5. The molecular weight excluding hydrogens is 1090 g/mol. The number of benzene rings is 5. The number of pyridine rings is 3. The molecule has 0 saturated heterocycles. The molecule has 0 saturated carbocycles. The van der Waals surface area contributed by atoms with Crippen molar-refractivity contribution in [2.75, 3.05) is 0 Å². The molecule has 5 aromatic heterocycles. The minimum Gasteiger partial charge on any atom is -0.500 e. The van der Waals surface area contributed by atoms with Gasteiger partial charge in [0.25, 0.3) is 0 Å². The standard InChI is InChI=1S/C50H50N3O.C18H23N2.Ir/c1-30(2)39-25-33(32-17-12-11-13-18-32)26-40(31(3)4)46(39)53-44-22-15-14-21-42(44)52-48(53)38-20-16-19-37-41-29-51-43(28-45(41)54-47(37)38)34-23-35(49(5,6)7)27-36(24-34)50(8,9)10;1-17(2,3)13-10-11-14(19-12-13)15-8-7-9-16(20-15)18(4,5)6;/h11-19,21-31H,1-10H3;7,9-12H,1-6H3;/q2*-1;. The second kappa shape index (κ2) is 20.9. The first-order valence-corrected chi connectivity index (χ1v) is 26.3. The van der Waals surface area contributed by atoms with E-state index >= 15 is 0 Å². The van der Waals surface area contributed by atoms with Crippen LogP contribution in [0.15, 0.2) is 144 Å². The summed E-state index contributed by atoms with van der Waals surface area (Å²) in [4.78, 5) is 19.6. The van der Waals surface area contributed by atoms with E-state index in [0.29, 0.717) is 0 Å². The van der Waals surface area contributed by atoms with E-state index in [0.717, 1.165) is 72.7 Å². The molecule has 0 atom stereocenters. The summed E-state index contributed by atoms with van der Waals surface area (Å²) in [5.74, 6) is 1.35. The van der Waals surface area contributed by atoms with Gasteiger partial charge in [0.2, 0.25) is 0 Å². The van der Waals surface area contributed by atoms with Crippen molar-refractivity contribution in [3.63, 3.8) is 0 Å². The van der Waals surface area contributed by atoms with Crippen LogP contribution in [0.1, 0.15) is 156 Å². The summed E-state index contributed by atoms with van der Waals surface area (Å²) in [6.07, 6.45) is 3.91. The molecule has 6 nitrogen and oxygen atoms in total. The van der Waals surface area contributed by atoms with Gasteiger partial charge in [-0.15, -0.1) is 24.3 Å². The summed E-state index contributed by atoms with van der Waals surface area (Å²) in [6.45, 7) is 35.8. The van der Waals surface area contributed by atoms with Gasteiger partial charge < -0.3 is 14.0 Å². The smallest absolute Gasteiger partial charge is 0.124 e. The number of fused-ring (bicyclic) bond motifs is 4. The van der Waals surface area contributed by atoms with Crippen molar-refractivity contribution >= 4 is 33.0 Å². The number of hydrogen-bond acceptors (Lipinski definition) is 5. The third-order valence-corrected chi connectivity index (χ3v) is 14.1. The van der Waals surface area contributed by atoms with Gasteiger partial charge in [-0.2, -0.15) is 12.1 Å². The zero-order chi connectivity index (χ0) is 53.1. The average molecular weight is 1170 g/mol. The molecule has 0 aliphatic heterocycles. The van der Waals surface area contributed by atoms with Gasteiger partial charge in [0.15, 0.2) is 0 Å². The summed E-state index contributed by atoms with van der Waals surface area (Å²) in [5, 5.41) is 1.98. The Hall–Kier alpha value is -6.53. The van der Waals surface area contributed by atoms with Crippen molar-refractivity contribution in [1.82, 2.24) is 24.5 Å². The molecule has 0 unspecified atom stereocenters. The molecule has 0 spiro atoms. The van der Waals surface area contributed by atoms with Crippen molar-refractivity contribution in [3.8, 4) is 50.8 Å². The fraction of sp³-hybridized carbons (Fsp3) is 0.324. The normalized spacial score (nSPS) is 12.4.